The standard InChI is InChI=1S/C25H28N2O5/c1-16(13-23(28)27-12-6-11-22(27)24(29)30)14-26-25(31)32-15-21-19-9-4-2-7-17(19)18-8-3-5-10-20(18)21/h2-5,7-10,16,21-22H,6,11-15H2,1H3,(H,26,31)(H,29,30)/t16?,22-/m1/s1. The number of nitrogens with zero attached hydrogens (tertiary/aromatic N) is 1. The second-order valence-electron chi connectivity index (χ2n) is 8.60. The van der Waals surface area contributed by atoms with Crippen LogP contribution in [-0.4, -0.2) is 53.7 Å². The van der Waals surface area contributed by atoms with Gasteiger partial charge in [0.1, 0.15) is 12.6 Å². The van der Waals surface area contributed by atoms with Crippen LogP contribution in [0.5, 0.6) is 0 Å². The van der Waals surface area contributed by atoms with Crippen LogP contribution in [0.25, 0.3) is 11.1 Å². The van der Waals surface area contributed by atoms with Crippen molar-refractivity contribution in [3.63, 3.8) is 0 Å². The maximum atomic E-state index is 12.5. The lowest BCUT2D eigenvalue weighted by Gasteiger charge is -2.23. The third-order valence-electron chi connectivity index (χ3n) is 6.32. The first-order valence-electron chi connectivity index (χ1n) is 11.1. The maximum Gasteiger partial charge on any atom is 0.407 e. The Hall–Kier alpha value is -3.35. The first-order chi connectivity index (χ1) is 15.5. The molecule has 1 aliphatic carbocycles. The molecule has 2 aromatic carbocycles. The minimum absolute atomic E-state index is 0.00438. The molecule has 2 N–H and O–H groups in total. The molecule has 2 atom stereocenters. The number of alkyl carbamates (subject to hydrolysis) is 1. The van der Waals surface area contributed by atoms with Gasteiger partial charge in [-0.25, -0.2) is 9.59 Å². The van der Waals surface area contributed by atoms with Gasteiger partial charge in [0.25, 0.3) is 0 Å². The van der Waals surface area contributed by atoms with Crippen molar-refractivity contribution in [2.75, 3.05) is 19.7 Å². The van der Waals surface area contributed by atoms with Gasteiger partial charge in [0.15, 0.2) is 0 Å². The molecule has 0 spiro atoms. The summed E-state index contributed by atoms with van der Waals surface area (Å²) >= 11 is 0. The highest BCUT2D eigenvalue weighted by Crippen LogP contribution is 2.44. The zero-order valence-corrected chi connectivity index (χ0v) is 18.1. The van der Waals surface area contributed by atoms with Gasteiger partial charge in [-0.2, -0.15) is 0 Å². The number of hydrogen-bond acceptors (Lipinski definition) is 4. The molecule has 2 aromatic rings. The summed E-state index contributed by atoms with van der Waals surface area (Å²) < 4.78 is 5.52. The number of nitrogens with one attached hydrogen (secondary N) is 1. The lowest BCUT2D eigenvalue weighted by Crippen LogP contribution is -2.41. The lowest BCUT2D eigenvalue weighted by atomic mass is 9.98. The maximum absolute atomic E-state index is 12.5. The summed E-state index contributed by atoms with van der Waals surface area (Å²) in [6.07, 6.45) is 0.867. The van der Waals surface area contributed by atoms with Crippen LogP contribution in [0.1, 0.15) is 43.2 Å². The van der Waals surface area contributed by atoms with Gasteiger partial charge in [-0.3, -0.25) is 4.79 Å². The van der Waals surface area contributed by atoms with Crippen molar-refractivity contribution in [2.24, 2.45) is 5.92 Å². The van der Waals surface area contributed by atoms with Crippen LogP contribution in [0.2, 0.25) is 0 Å². The molecule has 0 bridgehead atoms. The molecule has 0 radical (unpaired) electrons. The number of carboxylic acid groups (broad SMARTS) is 1. The van der Waals surface area contributed by atoms with E-state index in [2.05, 4.69) is 29.6 Å². The Morgan fingerprint density at radius 3 is 2.34 bits per heavy atom. The van der Waals surface area contributed by atoms with E-state index in [0.717, 1.165) is 11.1 Å². The Kier molecular flexibility index (Phi) is 6.44. The van der Waals surface area contributed by atoms with Crippen molar-refractivity contribution in [3.8, 4) is 11.1 Å². The fraction of sp³-hybridized carbons (Fsp3) is 0.400. The van der Waals surface area contributed by atoms with Gasteiger partial charge in [0.05, 0.1) is 0 Å². The van der Waals surface area contributed by atoms with Gasteiger partial charge >= 0.3 is 12.1 Å². The SMILES string of the molecule is CC(CNC(=O)OCC1c2ccccc2-c2ccccc21)CC(=O)N1CCC[C@@H]1C(=O)O. The smallest absolute Gasteiger partial charge is 0.407 e. The number of carboxylic acids is 1. The molecule has 1 aliphatic heterocycles. The zero-order valence-electron chi connectivity index (χ0n) is 18.1. The number of ether oxygens (including phenoxy) is 1. The highest BCUT2D eigenvalue weighted by Gasteiger charge is 2.34. The second kappa shape index (κ2) is 9.42. The van der Waals surface area contributed by atoms with E-state index in [1.54, 1.807) is 0 Å². The predicted octanol–water partition coefficient (Wildman–Crippen LogP) is 3.63. The van der Waals surface area contributed by atoms with E-state index in [1.165, 1.54) is 16.0 Å². The fourth-order valence-corrected chi connectivity index (χ4v) is 4.72. The molecular weight excluding hydrogens is 408 g/mol. The van der Waals surface area contributed by atoms with Crippen molar-refractivity contribution < 1.29 is 24.2 Å². The van der Waals surface area contributed by atoms with Gasteiger partial charge in [-0.1, -0.05) is 55.5 Å². The number of benzene rings is 2. The van der Waals surface area contributed by atoms with E-state index in [0.29, 0.717) is 19.4 Å². The van der Waals surface area contributed by atoms with Crippen molar-refractivity contribution in [2.45, 2.75) is 38.1 Å². The monoisotopic (exact) mass is 436 g/mol. The number of fused-ring (bicyclic) bond motifs is 3. The average molecular weight is 437 g/mol. The van der Waals surface area contributed by atoms with Gasteiger partial charge in [0, 0.05) is 25.4 Å². The van der Waals surface area contributed by atoms with E-state index < -0.39 is 18.1 Å². The number of carbonyl (C=O) groups is 3. The van der Waals surface area contributed by atoms with Crippen molar-refractivity contribution in [3.05, 3.63) is 59.7 Å². The molecule has 1 fully saturated rings. The second-order valence-corrected chi connectivity index (χ2v) is 8.60. The Morgan fingerprint density at radius 1 is 1.09 bits per heavy atom. The molecule has 4 rings (SSSR count). The van der Waals surface area contributed by atoms with E-state index in [1.807, 2.05) is 31.2 Å². The molecular formula is C25H28N2O5. The Balaban J connectivity index is 1.27. The molecule has 1 saturated heterocycles. The first kappa shape index (κ1) is 21.9. The minimum atomic E-state index is -0.958. The number of hydrogen-bond donors (Lipinski definition) is 2. The molecule has 7 heteroatoms. The Labute approximate surface area is 187 Å². The highest BCUT2D eigenvalue weighted by molar-refractivity contribution is 5.84. The van der Waals surface area contributed by atoms with Crippen LogP contribution in [0.15, 0.2) is 48.5 Å². The number of likely N-dealkylation sites (tertiary alicyclic amines) is 1. The molecule has 1 heterocycles. The van der Waals surface area contributed by atoms with Crippen LogP contribution < -0.4 is 5.32 Å². The van der Waals surface area contributed by atoms with Gasteiger partial charge in [0.2, 0.25) is 5.91 Å². The van der Waals surface area contributed by atoms with Gasteiger partial charge in [-0.15, -0.1) is 0 Å². The predicted molar refractivity (Wildman–Crippen MR) is 119 cm³/mol. The molecule has 7 nitrogen and oxygen atoms in total. The quantitative estimate of drug-likeness (QED) is 0.691. The fourth-order valence-electron chi connectivity index (χ4n) is 4.72. The summed E-state index contributed by atoms with van der Waals surface area (Å²) in [5.74, 6) is -1.27. The van der Waals surface area contributed by atoms with Crippen LogP contribution >= 0.6 is 0 Å². The van der Waals surface area contributed by atoms with E-state index >= 15 is 0 Å². The average Bonchev–Trinajstić information content (AvgIpc) is 3.40. The molecule has 2 amide bonds. The number of aliphatic carboxylic acids is 1. The normalized spacial score (nSPS) is 18.0. The number of rotatable bonds is 7. The molecule has 0 aromatic heterocycles. The largest absolute Gasteiger partial charge is 0.480 e. The van der Waals surface area contributed by atoms with Gasteiger partial charge < -0.3 is 20.1 Å². The van der Waals surface area contributed by atoms with Crippen LogP contribution in [-0.2, 0) is 14.3 Å². The molecule has 1 unspecified atom stereocenters. The molecule has 2 aliphatic rings. The summed E-state index contributed by atoms with van der Waals surface area (Å²) in [6.45, 7) is 2.85. The number of carbonyl (C=O) groups excluding carboxylic acids is 2. The van der Waals surface area contributed by atoms with Crippen LogP contribution in [0.3, 0.4) is 0 Å². The van der Waals surface area contributed by atoms with Crippen LogP contribution in [0, 0.1) is 5.92 Å². The summed E-state index contributed by atoms with van der Waals surface area (Å²) in [7, 11) is 0. The number of amides is 2. The Morgan fingerprint density at radius 2 is 1.72 bits per heavy atom. The minimum Gasteiger partial charge on any atom is -0.480 e. The van der Waals surface area contributed by atoms with Crippen molar-refractivity contribution in [1.29, 1.82) is 0 Å². The third-order valence-corrected chi connectivity index (χ3v) is 6.32. The molecule has 168 valence electrons. The van der Waals surface area contributed by atoms with Gasteiger partial charge in [-0.05, 0) is 41.0 Å². The van der Waals surface area contributed by atoms with E-state index in [9.17, 15) is 19.5 Å². The van der Waals surface area contributed by atoms with Crippen LogP contribution in [0.4, 0.5) is 4.79 Å². The zero-order chi connectivity index (χ0) is 22.7. The van der Waals surface area contributed by atoms with Crippen molar-refractivity contribution >= 4 is 18.0 Å². The lowest BCUT2D eigenvalue weighted by molar-refractivity contribution is -0.148. The van der Waals surface area contributed by atoms with E-state index in [4.69, 9.17) is 4.74 Å². The summed E-state index contributed by atoms with van der Waals surface area (Å²) in [5, 5.41) is 12.0. The molecule has 0 saturated carbocycles. The summed E-state index contributed by atoms with van der Waals surface area (Å²) in [4.78, 5) is 37.5. The highest BCUT2D eigenvalue weighted by atomic mass is 16.5. The topological polar surface area (TPSA) is 95.9 Å². The van der Waals surface area contributed by atoms with Crippen molar-refractivity contribution in [1.82, 2.24) is 10.2 Å². The van der Waals surface area contributed by atoms with E-state index in [-0.39, 0.29) is 37.3 Å². The Bertz CT molecular complexity index is 975. The third kappa shape index (κ3) is 4.47. The summed E-state index contributed by atoms with van der Waals surface area (Å²) in [5.41, 5.74) is 4.65. The first-order valence-corrected chi connectivity index (χ1v) is 11.1. The summed E-state index contributed by atoms with van der Waals surface area (Å²) in [6, 6.07) is 15.6. The molecule has 32 heavy (non-hydrogen) atoms.